The number of hydrogen-bond donors (Lipinski definition) is 0. The van der Waals surface area contributed by atoms with Crippen LogP contribution < -0.4 is 10.6 Å². The summed E-state index contributed by atoms with van der Waals surface area (Å²) in [6.07, 6.45) is 4.42. The molecule has 0 aromatic heterocycles. The molecule has 0 heterocycles. The Morgan fingerprint density at radius 1 is 1.00 bits per heavy atom. The average molecular weight is 336 g/mol. The maximum absolute atomic E-state index is 11.2. The van der Waals surface area contributed by atoms with Crippen LogP contribution in [0.2, 0.25) is 0 Å². The van der Waals surface area contributed by atoms with Crippen LogP contribution in [0, 0.1) is 13.8 Å². The quantitative estimate of drug-likeness (QED) is 0.315. The summed E-state index contributed by atoms with van der Waals surface area (Å²) in [6, 6.07) is 14.6. The van der Waals surface area contributed by atoms with Gasteiger partial charge in [-0.05, 0) is 43.5 Å². The van der Waals surface area contributed by atoms with Gasteiger partial charge in [0.1, 0.15) is 0 Å². The van der Waals surface area contributed by atoms with Crippen molar-refractivity contribution in [3.8, 4) is 0 Å². The van der Waals surface area contributed by atoms with Crippen LogP contribution in [0.4, 0.5) is 0 Å². The molecule has 0 saturated carbocycles. The molecule has 1 unspecified atom stereocenters. The van der Waals surface area contributed by atoms with Gasteiger partial charge in [-0.15, -0.1) is 0 Å². The number of aldehydes is 1. The van der Waals surface area contributed by atoms with Crippen LogP contribution in [0.3, 0.4) is 0 Å². The summed E-state index contributed by atoms with van der Waals surface area (Å²) >= 11 is 0. The van der Waals surface area contributed by atoms with Crippen LogP contribution in [-0.2, 0) is 4.52 Å². The average Bonchev–Trinajstić information content (AvgIpc) is 2.55. The van der Waals surface area contributed by atoms with E-state index < -0.39 is 8.15 Å². The van der Waals surface area contributed by atoms with E-state index in [-0.39, 0.29) is 18.9 Å². The molecule has 0 aliphatic carbocycles. The van der Waals surface area contributed by atoms with E-state index in [2.05, 4.69) is 43.3 Å². The molecule has 0 spiro atoms. The van der Waals surface area contributed by atoms with E-state index in [0.717, 1.165) is 36.0 Å². The van der Waals surface area contributed by atoms with Gasteiger partial charge in [0.25, 0.3) is 0 Å². The monoisotopic (exact) mass is 336 g/mol. The molecule has 24 heavy (non-hydrogen) atoms. The molecule has 2 rings (SSSR count). The van der Waals surface area contributed by atoms with Crippen molar-refractivity contribution in [1.82, 2.24) is 0 Å². The number of carbonyl (C=O) groups is 1. The first-order valence-electron chi connectivity index (χ1n) is 8.22. The Labute approximate surface area is 159 Å². The Bertz CT molecular complexity index is 620. The molecule has 0 aliphatic heterocycles. The van der Waals surface area contributed by atoms with E-state index in [1.54, 1.807) is 0 Å². The SMILES string of the molecule is CCCCCOP(c1ccccc1)c1cc(C)c(C=O)c(C)c1.[LiH]. The van der Waals surface area contributed by atoms with Crippen molar-refractivity contribution in [3.63, 3.8) is 0 Å². The van der Waals surface area contributed by atoms with Crippen molar-refractivity contribution in [3.05, 3.63) is 59.2 Å². The molecular weight excluding hydrogens is 310 g/mol. The first-order chi connectivity index (χ1) is 11.2. The summed E-state index contributed by atoms with van der Waals surface area (Å²) in [5, 5.41) is 2.40. The topological polar surface area (TPSA) is 26.3 Å². The fourth-order valence-corrected chi connectivity index (χ4v) is 4.60. The van der Waals surface area contributed by atoms with Crippen LogP contribution in [0.5, 0.6) is 0 Å². The zero-order valence-electron chi connectivity index (χ0n) is 14.2. The summed E-state index contributed by atoms with van der Waals surface area (Å²) in [5.41, 5.74) is 2.84. The van der Waals surface area contributed by atoms with E-state index in [1.165, 1.54) is 23.5 Å². The van der Waals surface area contributed by atoms with Crippen molar-refractivity contribution in [2.24, 2.45) is 0 Å². The predicted octanol–water partition coefficient (Wildman–Crippen LogP) is 4.02. The van der Waals surface area contributed by atoms with Crippen LogP contribution in [0.25, 0.3) is 0 Å². The maximum atomic E-state index is 11.2. The molecule has 0 aliphatic rings. The molecule has 2 aromatic carbocycles. The second kappa shape index (κ2) is 10.9. The van der Waals surface area contributed by atoms with Crippen molar-refractivity contribution >= 4 is 43.9 Å². The third kappa shape index (κ3) is 5.57. The van der Waals surface area contributed by atoms with E-state index in [9.17, 15) is 4.79 Å². The van der Waals surface area contributed by atoms with Crippen LogP contribution in [-0.4, -0.2) is 31.8 Å². The Morgan fingerprint density at radius 2 is 1.62 bits per heavy atom. The molecule has 2 aromatic rings. The fourth-order valence-electron chi connectivity index (χ4n) is 2.62. The Morgan fingerprint density at radius 3 is 2.17 bits per heavy atom. The summed E-state index contributed by atoms with van der Waals surface area (Å²) in [6.45, 7) is 6.97. The number of hydrogen-bond acceptors (Lipinski definition) is 2. The van der Waals surface area contributed by atoms with Gasteiger partial charge in [-0.3, -0.25) is 4.79 Å². The van der Waals surface area contributed by atoms with Gasteiger partial charge < -0.3 is 4.52 Å². The van der Waals surface area contributed by atoms with Crippen molar-refractivity contribution in [2.45, 2.75) is 40.0 Å². The van der Waals surface area contributed by atoms with E-state index in [4.69, 9.17) is 4.52 Å². The minimum atomic E-state index is -0.833. The number of rotatable bonds is 8. The van der Waals surface area contributed by atoms with Crippen molar-refractivity contribution in [1.29, 1.82) is 0 Å². The minimum absolute atomic E-state index is 0. The number of aryl methyl sites for hydroxylation is 2. The zero-order valence-corrected chi connectivity index (χ0v) is 15.1. The van der Waals surface area contributed by atoms with Gasteiger partial charge in [0.05, 0.1) is 14.8 Å². The van der Waals surface area contributed by atoms with Crippen LogP contribution in [0.15, 0.2) is 42.5 Å². The summed E-state index contributed by atoms with van der Waals surface area (Å²) in [7, 11) is -0.833. The third-order valence-electron chi connectivity index (χ3n) is 3.89. The summed E-state index contributed by atoms with van der Waals surface area (Å²) in [4.78, 5) is 11.2. The second-order valence-electron chi connectivity index (χ2n) is 5.78. The molecule has 2 nitrogen and oxygen atoms in total. The van der Waals surface area contributed by atoms with Crippen molar-refractivity contribution < 1.29 is 9.32 Å². The molecule has 124 valence electrons. The Kier molecular flexibility index (Phi) is 9.56. The zero-order chi connectivity index (χ0) is 16.7. The standard InChI is InChI=1S/C20H25O2P.Li.H/c1-4-5-9-12-22-23(18-10-7-6-8-11-18)19-13-16(2)20(15-21)17(3)14-19;;/h6-8,10-11,13-15H,4-5,9,12H2,1-3H3;;. The van der Waals surface area contributed by atoms with Gasteiger partial charge >= 0.3 is 18.9 Å². The number of carbonyl (C=O) groups excluding carboxylic acids is 1. The van der Waals surface area contributed by atoms with Gasteiger partial charge in [0, 0.05) is 16.2 Å². The van der Waals surface area contributed by atoms with Gasteiger partial charge in [-0.25, -0.2) is 0 Å². The molecule has 0 fully saturated rings. The molecule has 0 saturated heterocycles. The Balaban J connectivity index is 0.00000288. The summed E-state index contributed by atoms with van der Waals surface area (Å²) in [5.74, 6) is 0. The summed E-state index contributed by atoms with van der Waals surface area (Å²) < 4.78 is 6.28. The number of benzene rings is 2. The van der Waals surface area contributed by atoms with Gasteiger partial charge in [-0.2, -0.15) is 0 Å². The van der Waals surface area contributed by atoms with Crippen molar-refractivity contribution in [2.75, 3.05) is 6.61 Å². The van der Waals surface area contributed by atoms with E-state index >= 15 is 0 Å². The molecule has 0 radical (unpaired) electrons. The normalized spacial score (nSPS) is 11.6. The van der Waals surface area contributed by atoms with E-state index in [0.29, 0.717) is 0 Å². The molecule has 0 bridgehead atoms. The third-order valence-corrected chi connectivity index (χ3v) is 5.82. The molecule has 4 heteroatoms. The molecule has 0 N–H and O–H groups in total. The first kappa shape index (κ1) is 21.1. The Hall–Kier alpha value is -0.903. The fraction of sp³-hybridized carbons (Fsp3) is 0.350. The van der Waals surface area contributed by atoms with Crippen LogP contribution in [0.1, 0.15) is 47.7 Å². The van der Waals surface area contributed by atoms with E-state index in [1.807, 2.05) is 19.9 Å². The van der Waals surface area contributed by atoms with Gasteiger partial charge in [0.2, 0.25) is 0 Å². The van der Waals surface area contributed by atoms with Gasteiger partial charge in [-0.1, -0.05) is 50.1 Å². The second-order valence-corrected chi connectivity index (χ2v) is 7.66. The molecule has 0 amide bonds. The van der Waals surface area contributed by atoms with Crippen LogP contribution >= 0.6 is 8.15 Å². The molecule has 1 atom stereocenters. The molecular formula is C20H26LiO2P. The first-order valence-corrected chi connectivity index (χ1v) is 9.47. The van der Waals surface area contributed by atoms with Gasteiger partial charge in [0.15, 0.2) is 6.29 Å². The number of unbranched alkanes of at least 4 members (excludes halogenated alkanes) is 2. The predicted molar refractivity (Wildman–Crippen MR) is 107 cm³/mol.